The highest BCUT2D eigenvalue weighted by molar-refractivity contribution is 5.84. The molecule has 1 saturated heterocycles. The van der Waals surface area contributed by atoms with Crippen LogP contribution in [0.1, 0.15) is 32.8 Å². The fourth-order valence-electron chi connectivity index (χ4n) is 2.45. The molecule has 1 aliphatic rings. The molecule has 0 spiro atoms. The quantitative estimate of drug-likeness (QED) is 0.864. The fraction of sp³-hybridized carbons (Fsp3) is 0.444. The lowest BCUT2D eigenvalue weighted by Crippen LogP contribution is -2.27. The molecule has 0 aliphatic carbocycles. The average Bonchev–Trinajstić information content (AvgIpc) is 2.79. The lowest BCUT2D eigenvalue weighted by molar-refractivity contribution is -0.128. The number of hydrogen-bond donors (Lipinski definition) is 1. The molecule has 1 atom stereocenters. The van der Waals surface area contributed by atoms with E-state index in [1.807, 2.05) is 56.0 Å². The van der Waals surface area contributed by atoms with Gasteiger partial charge >= 0.3 is 6.09 Å². The molecule has 1 aliphatic heterocycles. The third-order valence-corrected chi connectivity index (χ3v) is 3.55. The Morgan fingerprint density at radius 1 is 1.39 bits per heavy atom. The number of anilines is 1. The van der Waals surface area contributed by atoms with Crippen molar-refractivity contribution in [2.75, 3.05) is 11.9 Å². The lowest BCUT2D eigenvalue weighted by Gasteiger charge is -2.20. The molecule has 5 heteroatoms. The summed E-state index contributed by atoms with van der Waals surface area (Å²) in [7, 11) is 0. The molecule has 1 fully saturated rings. The first kappa shape index (κ1) is 17.1. The highest BCUT2D eigenvalue weighted by Crippen LogP contribution is 2.21. The summed E-state index contributed by atoms with van der Waals surface area (Å²) in [5.74, 6) is 0.404. The van der Waals surface area contributed by atoms with Gasteiger partial charge in [-0.25, -0.2) is 4.79 Å². The van der Waals surface area contributed by atoms with Gasteiger partial charge in [-0.1, -0.05) is 18.2 Å². The standard InChI is InChI=1S/C18H24N2O3/c1-5-13-10-16(21)20(11-13)12-14-6-8-15(9-7-14)19-17(22)23-18(2,3)4/h5-9,13H,1,10-12H2,2-4H3,(H,19,22). The van der Waals surface area contributed by atoms with Gasteiger partial charge in [0.05, 0.1) is 0 Å². The number of nitrogens with one attached hydrogen (secondary N) is 1. The number of likely N-dealkylation sites (tertiary alicyclic amines) is 1. The van der Waals surface area contributed by atoms with E-state index >= 15 is 0 Å². The summed E-state index contributed by atoms with van der Waals surface area (Å²) in [6, 6.07) is 7.43. The van der Waals surface area contributed by atoms with Crippen LogP contribution < -0.4 is 5.32 Å². The van der Waals surface area contributed by atoms with Crippen LogP contribution in [-0.4, -0.2) is 29.0 Å². The Labute approximate surface area is 137 Å². The first-order valence-corrected chi connectivity index (χ1v) is 7.76. The summed E-state index contributed by atoms with van der Waals surface area (Å²) in [4.78, 5) is 25.4. The number of ether oxygens (including phenoxy) is 1. The van der Waals surface area contributed by atoms with Crippen LogP contribution in [0.3, 0.4) is 0 Å². The molecule has 1 aromatic rings. The second-order valence-electron chi connectivity index (χ2n) is 6.80. The summed E-state index contributed by atoms with van der Waals surface area (Å²) >= 11 is 0. The van der Waals surface area contributed by atoms with E-state index in [-0.39, 0.29) is 11.8 Å². The molecule has 1 unspecified atom stereocenters. The van der Waals surface area contributed by atoms with Crippen LogP contribution in [0.4, 0.5) is 10.5 Å². The van der Waals surface area contributed by atoms with E-state index in [2.05, 4.69) is 11.9 Å². The second kappa shape index (κ2) is 6.86. The maximum Gasteiger partial charge on any atom is 0.412 e. The van der Waals surface area contributed by atoms with Crippen molar-refractivity contribution in [2.45, 2.75) is 39.3 Å². The molecule has 0 bridgehead atoms. The number of hydrogen-bond acceptors (Lipinski definition) is 3. The SMILES string of the molecule is C=CC1CC(=O)N(Cc2ccc(NC(=O)OC(C)(C)C)cc2)C1. The van der Waals surface area contributed by atoms with E-state index in [1.165, 1.54) is 0 Å². The Bertz CT molecular complexity index is 587. The van der Waals surface area contributed by atoms with E-state index < -0.39 is 11.7 Å². The Morgan fingerprint density at radius 2 is 2.04 bits per heavy atom. The van der Waals surface area contributed by atoms with Gasteiger partial charge < -0.3 is 9.64 Å². The second-order valence-corrected chi connectivity index (χ2v) is 6.80. The van der Waals surface area contributed by atoms with Crippen LogP contribution in [0.5, 0.6) is 0 Å². The van der Waals surface area contributed by atoms with Crippen molar-refractivity contribution in [2.24, 2.45) is 5.92 Å². The van der Waals surface area contributed by atoms with Gasteiger partial charge in [0.15, 0.2) is 0 Å². The van der Waals surface area contributed by atoms with E-state index in [1.54, 1.807) is 0 Å². The molecular weight excluding hydrogens is 292 g/mol. The van der Waals surface area contributed by atoms with Gasteiger partial charge in [0, 0.05) is 31.1 Å². The molecule has 2 rings (SSSR count). The molecule has 1 heterocycles. The topological polar surface area (TPSA) is 58.6 Å². The summed E-state index contributed by atoms with van der Waals surface area (Å²) in [5, 5.41) is 2.69. The molecule has 0 aromatic heterocycles. The predicted molar refractivity (Wildman–Crippen MR) is 90.0 cm³/mol. The van der Waals surface area contributed by atoms with E-state index in [0.717, 1.165) is 12.1 Å². The minimum Gasteiger partial charge on any atom is -0.444 e. The van der Waals surface area contributed by atoms with Gasteiger partial charge in [0.2, 0.25) is 5.91 Å². The Hall–Kier alpha value is -2.30. The third-order valence-electron chi connectivity index (χ3n) is 3.55. The molecule has 1 N–H and O–H groups in total. The molecule has 5 nitrogen and oxygen atoms in total. The number of amides is 2. The van der Waals surface area contributed by atoms with Gasteiger partial charge in [-0.2, -0.15) is 0 Å². The van der Waals surface area contributed by atoms with Crippen LogP contribution >= 0.6 is 0 Å². The Kier molecular flexibility index (Phi) is 5.08. The van der Waals surface area contributed by atoms with E-state index in [4.69, 9.17) is 4.74 Å². The smallest absolute Gasteiger partial charge is 0.412 e. The van der Waals surface area contributed by atoms with Crippen LogP contribution in [0.25, 0.3) is 0 Å². The number of benzene rings is 1. The van der Waals surface area contributed by atoms with Crippen molar-refractivity contribution < 1.29 is 14.3 Å². The van der Waals surface area contributed by atoms with Crippen LogP contribution in [0, 0.1) is 5.92 Å². The number of carbonyl (C=O) groups is 2. The number of rotatable bonds is 4. The predicted octanol–water partition coefficient (Wildman–Crippen LogP) is 3.57. The summed E-state index contributed by atoms with van der Waals surface area (Å²) in [5.41, 5.74) is 1.17. The van der Waals surface area contributed by atoms with Crippen molar-refractivity contribution >= 4 is 17.7 Å². The average molecular weight is 316 g/mol. The summed E-state index contributed by atoms with van der Waals surface area (Å²) < 4.78 is 5.21. The van der Waals surface area contributed by atoms with E-state index in [9.17, 15) is 9.59 Å². The zero-order valence-electron chi connectivity index (χ0n) is 14.0. The van der Waals surface area contributed by atoms with Crippen LogP contribution in [-0.2, 0) is 16.1 Å². The van der Waals surface area contributed by atoms with Crippen molar-refractivity contribution in [3.05, 3.63) is 42.5 Å². The summed E-state index contributed by atoms with van der Waals surface area (Å²) in [6.07, 6.45) is 1.90. The molecule has 0 saturated carbocycles. The van der Waals surface area contributed by atoms with Gasteiger partial charge in [0.25, 0.3) is 0 Å². The minimum atomic E-state index is -0.526. The van der Waals surface area contributed by atoms with Crippen molar-refractivity contribution in [3.63, 3.8) is 0 Å². The van der Waals surface area contributed by atoms with Gasteiger partial charge in [-0.3, -0.25) is 10.1 Å². The molecule has 2 amide bonds. The van der Waals surface area contributed by atoms with Gasteiger partial charge in [0.1, 0.15) is 5.60 Å². The molecule has 23 heavy (non-hydrogen) atoms. The molecule has 124 valence electrons. The Morgan fingerprint density at radius 3 is 2.57 bits per heavy atom. The molecule has 1 aromatic carbocycles. The van der Waals surface area contributed by atoms with Crippen molar-refractivity contribution in [1.82, 2.24) is 4.90 Å². The number of carbonyl (C=O) groups excluding carboxylic acids is 2. The lowest BCUT2D eigenvalue weighted by atomic mass is 10.1. The van der Waals surface area contributed by atoms with E-state index in [0.29, 0.717) is 18.7 Å². The molecule has 0 radical (unpaired) electrons. The van der Waals surface area contributed by atoms with Crippen LogP contribution in [0.15, 0.2) is 36.9 Å². The Balaban J connectivity index is 1.91. The van der Waals surface area contributed by atoms with Gasteiger partial charge in [-0.15, -0.1) is 6.58 Å². The maximum absolute atomic E-state index is 11.9. The number of nitrogens with zero attached hydrogens (tertiary/aromatic N) is 1. The third kappa shape index (κ3) is 5.13. The highest BCUT2D eigenvalue weighted by Gasteiger charge is 2.27. The maximum atomic E-state index is 11.9. The highest BCUT2D eigenvalue weighted by atomic mass is 16.6. The van der Waals surface area contributed by atoms with Gasteiger partial charge in [-0.05, 0) is 38.5 Å². The monoisotopic (exact) mass is 316 g/mol. The van der Waals surface area contributed by atoms with Crippen molar-refractivity contribution in [1.29, 1.82) is 0 Å². The first-order chi connectivity index (χ1) is 10.8. The summed E-state index contributed by atoms with van der Waals surface area (Å²) in [6.45, 7) is 10.5. The van der Waals surface area contributed by atoms with Crippen molar-refractivity contribution in [3.8, 4) is 0 Å². The zero-order chi connectivity index (χ0) is 17.0. The normalized spacial score (nSPS) is 18.0. The first-order valence-electron chi connectivity index (χ1n) is 7.76. The minimum absolute atomic E-state index is 0.158. The van der Waals surface area contributed by atoms with Crippen LogP contribution in [0.2, 0.25) is 0 Å². The fourth-order valence-corrected chi connectivity index (χ4v) is 2.45. The zero-order valence-corrected chi connectivity index (χ0v) is 14.0. The largest absolute Gasteiger partial charge is 0.444 e. The molecular formula is C18H24N2O3.